The van der Waals surface area contributed by atoms with Crippen LogP contribution in [0.3, 0.4) is 0 Å². The molecule has 0 radical (unpaired) electrons. The minimum absolute atomic E-state index is 0.0262. The van der Waals surface area contributed by atoms with E-state index in [0.717, 1.165) is 18.9 Å². The van der Waals surface area contributed by atoms with Crippen molar-refractivity contribution in [3.05, 3.63) is 29.3 Å². The summed E-state index contributed by atoms with van der Waals surface area (Å²) in [7, 11) is 1.34. The van der Waals surface area contributed by atoms with Gasteiger partial charge < -0.3 is 9.47 Å². The van der Waals surface area contributed by atoms with Crippen molar-refractivity contribution in [1.82, 2.24) is 0 Å². The molecule has 1 aromatic carbocycles. The van der Waals surface area contributed by atoms with E-state index >= 15 is 0 Å². The van der Waals surface area contributed by atoms with Crippen molar-refractivity contribution in [3.63, 3.8) is 0 Å². The maximum Gasteiger partial charge on any atom is 0.168 e. The van der Waals surface area contributed by atoms with Gasteiger partial charge >= 0.3 is 0 Å². The van der Waals surface area contributed by atoms with Crippen molar-refractivity contribution in [2.24, 2.45) is 0 Å². The molecule has 0 saturated carbocycles. The van der Waals surface area contributed by atoms with Gasteiger partial charge in [0.1, 0.15) is 5.82 Å². The van der Waals surface area contributed by atoms with Crippen LogP contribution in [0.25, 0.3) is 0 Å². The van der Waals surface area contributed by atoms with E-state index in [4.69, 9.17) is 9.47 Å². The molecule has 0 atom stereocenters. The third-order valence-corrected chi connectivity index (χ3v) is 2.91. The summed E-state index contributed by atoms with van der Waals surface area (Å²) in [5, 5.41) is 0. The Morgan fingerprint density at radius 1 is 1.25 bits per heavy atom. The molecule has 0 amide bonds. The zero-order chi connectivity index (χ0) is 11.5. The third kappa shape index (κ3) is 2.16. The molecule has 0 spiro atoms. The van der Waals surface area contributed by atoms with Gasteiger partial charge in [0.15, 0.2) is 11.6 Å². The lowest BCUT2D eigenvalue weighted by Gasteiger charge is -2.23. The van der Waals surface area contributed by atoms with Crippen LogP contribution >= 0.6 is 0 Å². The van der Waals surface area contributed by atoms with Crippen LogP contribution in [0.15, 0.2) is 12.1 Å². The molecule has 16 heavy (non-hydrogen) atoms. The summed E-state index contributed by atoms with van der Waals surface area (Å²) in [5.41, 5.74) is 0.403. The molecule has 88 valence electrons. The normalized spacial score (nSPS) is 17.4. The molecule has 0 aromatic heterocycles. The van der Waals surface area contributed by atoms with Crippen LogP contribution in [-0.4, -0.2) is 20.3 Å². The summed E-state index contributed by atoms with van der Waals surface area (Å²) in [6.45, 7) is 1.20. The molecule has 4 heteroatoms. The van der Waals surface area contributed by atoms with Crippen LogP contribution in [0, 0.1) is 11.6 Å². The molecule has 1 saturated heterocycles. The third-order valence-electron chi connectivity index (χ3n) is 2.91. The number of methoxy groups -OCH3 is 1. The predicted octanol–water partition coefficient (Wildman–Crippen LogP) is 2.87. The Morgan fingerprint density at radius 2 is 1.94 bits per heavy atom. The first kappa shape index (κ1) is 11.3. The molecule has 1 aliphatic rings. The van der Waals surface area contributed by atoms with Gasteiger partial charge in [-0.2, -0.15) is 0 Å². The Bertz CT molecular complexity index is 374. The van der Waals surface area contributed by atoms with Gasteiger partial charge in [0.25, 0.3) is 0 Å². The predicted molar refractivity (Wildman–Crippen MR) is 55.7 cm³/mol. The number of benzene rings is 1. The molecule has 1 aromatic rings. The highest BCUT2D eigenvalue weighted by Crippen LogP contribution is 2.33. The largest absolute Gasteiger partial charge is 0.494 e. The summed E-state index contributed by atoms with van der Waals surface area (Å²) in [6.07, 6.45) is 1.45. The second kappa shape index (κ2) is 4.78. The van der Waals surface area contributed by atoms with Crippen LogP contribution in [0.4, 0.5) is 8.78 Å². The fraction of sp³-hybridized carbons (Fsp3) is 0.500. The van der Waals surface area contributed by atoms with Crippen molar-refractivity contribution in [3.8, 4) is 5.75 Å². The summed E-state index contributed by atoms with van der Waals surface area (Å²) in [4.78, 5) is 0. The summed E-state index contributed by atoms with van der Waals surface area (Å²) < 4.78 is 37.2. The van der Waals surface area contributed by atoms with Gasteiger partial charge in [0.2, 0.25) is 0 Å². The molecule has 1 aliphatic heterocycles. The van der Waals surface area contributed by atoms with Gasteiger partial charge in [-0.05, 0) is 30.4 Å². The maximum absolute atomic E-state index is 13.9. The minimum Gasteiger partial charge on any atom is -0.494 e. The van der Waals surface area contributed by atoms with Crippen LogP contribution in [0.2, 0.25) is 0 Å². The standard InChI is InChI=1S/C12H14F2O2/c1-15-11-7-9(13)6-10(12(11)14)8-2-4-16-5-3-8/h6-8H,2-5H2,1H3. The van der Waals surface area contributed by atoms with Crippen LogP contribution in [-0.2, 0) is 4.74 Å². The molecule has 0 unspecified atom stereocenters. The van der Waals surface area contributed by atoms with Gasteiger partial charge in [-0.25, -0.2) is 8.78 Å². The number of hydrogen-bond acceptors (Lipinski definition) is 2. The molecule has 0 N–H and O–H groups in total. The van der Waals surface area contributed by atoms with E-state index in [2.05, 4.69) is 0 Å². The second-order valence-corrected chi connectivity index (χ2v) is 3.90. The summed E-state index contributed by atoms with van der Waals surface area (Å²) in [6, 6.07) is 2.33. The lowest BCUT2D eigenvalue weighted by atomic mass is 9.91. The van der Waals surface area contributed by atoms with Gasteiger partial charge in [-0.3, -0.25) is 0 Å². The van der Waals surface area contributed by atoms with E-state index in [-0.39, 0.29) is 11.7 Å². The highest BCUT2D eigenvalue weighted by molar-refractivity contribution is 5.34. The Morgan fingerprint density at radius 3 is 2.56 bits per heavy atom. The van der Waals surface area contributed by atoms with Crippen molar-refractivity contribution < 1.29 is 18.3 Å². The molecule has 2 nitrogen and oxygen atoms in total. The van der Waals surface area contributed by atoms with Crippen LogP contribution < -0.4 is 4.74 Å². The van der Waals surface area contributed by atoms with Crippen molar-refractivity contribution in [1.29, 1.82) is 0 Å². The lowest BCUT2D eigenvalue weighted by molar-refractivity contribution is 0.0844. The smallest absolute Gasteiger partial charge is 0.168 e. The van der Waals surface area contributed by atoms with E-state index in [9.17, 15) is 8.78 Å². The first-order valence-corrected chi connectivity index (χ1v) is 5.33. The second-order valence-electron chi connectivity index (χ2n) is 3.90. The number of ether oxygens (including phenoxy) is 2. The number of halogens is 2. The van der Waals surface area contributed by atoms with E-state index in [1.807, 2.05) is 0 Å². The van der Waals surface area contributed by atoms with E-state index in [1.54, 1.807) is 0 Å². The Hall–Kier alpha value is -1.16. The number of rotatable bonds is 2. The zero-order valence-electron chi connectivity index (χ0n) is 9.13. The Kier molecular flexibility index (Phi) is 3.39. The lowest BCUT2D eigenvalue weighted by Crippen LogP contribution is -2.15. The van der Waals surface area contributed by atoms with Gasteiger partial charge in [0.05, 0.1) is 7.11 Å². The monoisotopic (exact) mass is 228 g/mol. The van der Waals surface area contributed by atoms with Crippen molar-refractivity contribution in [2.75, 3.05) is 20.3 Å². The molecule has 1 fully saturated rings. The fourth-order valence-electron chi connectivity index (χ4n) is 2.04. The van der Waals surface area contributed by atoms with Gasteiger partial charge in [-0.1, -0.05) is 0 Å². The van der Waals surface area contributed by atoms with Crippen LogP contribution in [0.5, 0.6) is 5.75 Å². The molecule has 0 bridgehead atoms. The van der Waals surface area contributed by atoms with E-state index in [1.165, 1.54) is 13.2 Å². The van der Waals surface area contributed by atoms with Crippen LogP contribution in [0.1, 0.15) is 24.3 Å². The van der Waals surface area contributed by atoms with E-state index in [0.29, 0.717) is 18.8 Å². The minimum atomic E-state index is -0.459. The van der Waals surface area contributed by atoms with Crippen molar-refractivity contribution in [2.45, 2.75) is 18.8 Å². The zero-order valence-corrected chi connectivity index (χ0v) is 9.13. The van der Waals surface area contributed by atoms with Gasteiger partial charge in [-0.15, -0.1) is 0 Å². The molecule has 0 aliphatic carbocycles. The van der Waals surface area contributed by atoms with Crippen molar-refractivity contribution >= 4 is 0 Å². The summed E-state index contributed by atoms with van der Waals surface area (Å²) in [5.74, 6) is -0.907. The SMILES string of the molecule is COc1cc(F)cc(C2CCOCC2)c1F. The average molecular weight is 228 g/mol. The highest BCUT2D eigenvalue weighted by atomic mass is 19.1. The fourth-order valence-corrected chi connectivity index (χ4v) is 2.04. The van der Waals surface area contributed by atoms with E-state index < -0.39 is 11.6 Å². The topological polar surface area (TPSA) is 18.5 Å². The van der Waals surface area contributed by atoms with Gasteiger partial charge in [0, 0.05) is 19.3 Å². The molecular formula is C12H14F2O2. The number of hydrogen-bond donors (Lipinski definition) is 0. The quantitative estimate of drug-likeness (QED) is 0.774. The Labute approximate surface area is 93.2 Å². The Balaban J connectivity index is 2.34. The molecule has 2 rings (SSSR count). The summed E-state index contributed by atoms with van der Waals surface area (Å²) >= 11 is 0. The molecular weight excluding hydrogens is 214 g/mol. The highest BCUT2D eigenvalue weighted by Gasteiger charge is 2.22. The maximum atomic E-state index is 13.9. The average Bonchev–Trinajstić information content (AvgIpc) is 2.33. The first-order chi connectivity index (χ1) is 7.72. The molecule has 1 heterocycles. The first-order valence-electron chi connectivity index (χ1n) is 5.33.